The van der Waals surface area contributed by atoms with E-state index in [2.05, 4.69) is 17.4 Å². The Kier molecular flexibility index (Phi) is 2.17. The lowest BCUT2D eigenvalue weighted by atomic mass is 9.90. The molecule has 2 heteroatoms. The lowest BCUT2D eigenvalue weighted by Crippen LogP contribution is -2.40. The molecule has 1 aliphatic heterocycles. The number of rotatable bonds is 2. The molecule has 15 heavy (non-hydrogen) atoms. The number of ether oxygens (including phenoxy) is 1. The van der Waals surface area contributed by atoms with Gasteiger partial charge in [-0.3, -0.25) is 0 Å². The van der Waals surface area contributed by atoms with E-state index in [0.717, 1.165) is 18.8 Å². The first kappa shape index (κ1) is 9.22. The van der Waals surface area contributed by atoms with E-state index in [0.29, 0.717) is 5.92 Å². The van der Waals surface area contributed by atoms with E-state index in [-0.39, 0.29) is 0 Å². The van der Waals surface area contributed by atoms with E-state index in [1.165, 1.54) is 30.4 Å². The largest absolute Gasteiger partial charge is 0.496 e. The molecule has 0 aromatic heterocycles. The first-order chi connectivity index (χ1) is 7.38. The van der Waals surface area contributed by atoms with Crippen LogP contribution in [0.5, 0.6) is 5.75 Å². The highest BCUT2D eigenvalue weighted by Gasteiger charge is 2.24. The molecule has 0 unspecified atom stereocenters. The predicted octanol–water partition coefficient (Wildman–Crippen LogP) is 1.87. The van der Waals surface area contributed by atoms with Crippen molar-refractivity contribution < 1.29 is 4.74 Å². The third kappa shape index (κ3) is 1.44. The first-order valence-corrected chi connectivity index (χ1v) is 5.79. The summed E-state index contributed by atoms with van der Waals surface area (Å²) >= 11 is 0. The Balaban J connectivity index is 2.03. The Morgan fingerprint density at radius 2 is 1.93 bits per heavy atom. The van der Waals surface area contributed by atoms with Crippen molar-refractivity contribution in [3.63, 3.8) is 0 Å². The van der Waals surface area contributed by atoms with Crippen molar-refractivity contribution >= 4 is 0 Å². The minimum atomic E-state index is 0.672. The molecule has 1 heterocycles. The first-order valence-electron chi connectivity index (χ1n) is 5.79. The molecule has 1 aliphatic carbocycles. The van der Waals surface area contributed by atoms with Crippen LogP contribution in [0.2, 0.25) is 0 Å². The SMILES string of the molecule is COc1cc2c(cc1C1CNC1)CCC2. The summed E-state index contributed by atoms with van der Waals surface area (Å²) in [6.45, 7) is 2.21. The van der Waals surface area contributed by atoms with Gasteiger partial charge in [-0.05, 0) is 36.5 Å². The lowest BCUT2D eigenvalue weighted by molar-refractivity contribution is 0.385. The number of hydrogen-bond donors (Lipinski definition) is 1. The third-order valence-corrected chi connectivity index (χ3v) is 3.67. The lowest BCUT2D eigenvalue weighted by Gasteiger charge is -2.29. The van der Waals surface area contributed by atoms with E-state index < -0.39 is 0 Å². The van der Waals surface area contributed by atoms with Crippen LogP contribution in [0.4, 0.5) is 0 Å². The zero-order valence-electron chi connectivity index (χ0n) is 9.18. The van der Waals surface area contributed by atoms with E-state index >= 15 is 0 Å². The van der Waals surface area contributed by atoms with Crippen molar-refractivity contribution in [2.45, 2.75) is 25.2 Å². The summed E-state index contributed by atoms with van der Waals surface area (Å²) in [6, 6.07) is 4.64. The second-order valence-corrected chi connectivity index (χ2v) is 4.57. The number of nitrogens with one attached hydrogen (secondary N) is 1. The standard InChI is InChI=1S/C13H17NO/c1-15-13-6-10-4-2-3-9(10)5-12(13)11-7-14-8-11/h5-6,11,14H,2-4,7-8H2,1H3. The minimum absolute atomic E-state index is 0.672. The van der Waals surface area contributed by atoms with E-state index in [1.54, 1.807) is 12.7 Å². The molecule has 0 atom stereocenters. The summed E-state index contributed by atoms with van der Waals surface area (Å²) in [4.78, 5) is 0. The quantitative estimate of drug-likeness (QED) is 0.792. The fourth-order valence-electron chi connectivity index (χ4n) is 2.62. The van der Waals surface area contributed by atoms with Crippen molar-refractivity contribution in [3.05, 3.63) is 28.8 Å². The molecular formula is C13H17NO. The van der Waals surface area contributed by atoms with Crippen LogP contribution in [-0.4, -0.2) is 20.2 Å². The summed E-state index contributed by atoms with van der Waals surface area (Å²) in [6.07, 6.45) is 3.80. The highest BCUT2D eigenvalue weighted by atomic mass is 16.5. The molecule has 1 aromatic rings. The van der Waals surface area contributed by atoms with Crippen molar-refractivity contribution in [1.82, 2.24) is 5.32 Å². The Morgan fingerprint density at radius 3 is 2.53 bits per heavy atom. The molecule has 3 rings (SSSR count). The van der Waals surface area contributed by atoms with Crippen LogP contribution >= 0.6 is 0 Å². The van der Waals surface area contributed by atoms with Crippen LogP contribution < -0.4 is 10.1 Å². The number of benzene rings is 1. The predicted molar refractivity (Wildman–Crippen MR) is 60.6 cm³/mol. The van der Waals surface area contributed by atoms with Gasteiger partial charge in [0.05, 0.1) is 7.11 Å². The Hall–Kier alpha value is -1.02. The number of fused-ring (bicyclic) bond motifs is 1. The molecule has 1 fully saturated rings. The van der Waals surface area contributed by atoms with E-state index in [9.17, 15) is 0 Å². The molecule has 1 N–H and O–H groups in total. The molecule has 0 saturated carbocycles. The molecule has 1 aromatic carbocycles. The van der Waals surface area contributed by atoms with Gasteiger partial charge < -0.3 is 10.1 Å². The highest BCUT2D eigenvalue weighted by Crippen LogP contribution is 2.35. The fraction of sp³-hybridized carbons (Fsp3) is 0.538. The molecule has 80 valence electrons. The molecule has 0 amide bonds. The average molecular weight is 203 g/mol. The Labute approximate surface area is 90.6 Å². The number of aryl methyl sites for hydroxylation is 2. The molecular weight excluding hydrogens is 186 g/mol. The normalized spacial score (nSPS) is 19.8. The van der Waals surface area contributed by atoms with Gasteiger partial charge in [-0.25, -0.2) is 0 Å². The van der Waals surface area contributed by atoms with Gasteiger partial charge in [0.1, 0.15) is 5.75 Å². The van der Waals surface area contributed by atoms with Gasteiger partial charge in [0.25, 0.3) is 0 Å². The summed E-state index contributed by atoms with van der Waals surface area (Å²) in [5, 5.41) is 3.32. The van der Waals surface area contributed by atoms with Gasteiger partial charge in [-0.15, -0.1) is 0 Å². The van der Waals surface area contributed by atoms with Gasteiger partial charge >= 0.3 is 0 Å². The topological polar surface area (TPSA) is 21.3 Å². The molecule has 0 spiro atoms. The van der Waals surface area contributed by atoms with Crippen molar-refractivity contribution in [2.75, 3.05) is 20.2 Å². The Bertz CT molecular complexity index is 382. The van der Waals surface area contributed by atoms with Crippen LogP contribution in [0.15, 0.2) is 12.1 Å². The van der Waals surface area contributed by atoms with Gasteiger partial charge in [0.15, 0.2) is 0 Å². The van der Waals surface area contributed by atoms with Crippen molar-refractivity contribution in [3.8, 4) is 5.75 Å². The van der Waals surface area contributed by atoms with Gasteiger partial charge in [-0.1, -0.05) is 6.07 Å². The smallest absolute Gasteiger partial charge is 0.122 e. The summed E-state index contributed by atoms with van der Waals surface area (Å²) < 4.78 is 5.50. The minimum Gasteiger partial charge on any atom is -0.496 e. The monoisotopic (exact) mass is 203 g/mol. The van der Waals surface area contributed by atoms with E-state index in [1.807, 2.05) is 0 Å². The number of hydrogen-bond acceptors (Lipinski definition) is 2. The summed E-state index contributed by atoms with van der Waals surface area (Å²) in [5.74, 6) is 1.77. The van der Waals surface area contributed by atoms with Gasteiger partial charge in [-0.2, -0.15) is 0 Å². The zero-order chi connectivity index (χ0) is 10.3. The highest BCUT2D eigenvalue weighted by molar-refractivity contribution is 5.47. The maximum atomic E-state index is 5.50. The number of methoxy groups -OCH3 is 1. The molecule has 2 nitrogen and oxygen atoms in total. The maximum absolute atomic E-state index is 5.50. The van der Waals surface area contributed by atoms with Crippen LogP contribution in [0, 0.1) is 0 Å². The molecule has 1 saturated heterocycles. The average Bonchev–Trinajstić information content (AvgIpc) is 2.60. The summed E-state index contributed by atoms with van der Waals surface area (Å²) in [7, 11) is 1.78. The third-order valence-electron chi connectivity index (χ3n) is 3.67. The van der Waals surface area contributed by atoms with Crippen LogP contribution in [0.25, 0.3) is 0 Å². The van der Waals surface area contributed by atoms with Crippen molar-refractivity contribution in [1.29, 1.82) is 0 Å². The van der Waals surface area contributed by atoms with Gasteiger partial charge in [0.2, 0.25) is 0 Å². The van der Waals surface area contributed by atoms with Crippen LogP contribution in [0.1, 0.15) is 29.0 Å². The Morgan fingerprint density at radius 1 is 1.20 bits per heavy atom. The van der Waals surface area contributed by atoms with Crippen LogP contribution in [0.3, 0.4) is 0 Å². The molecule has 0 radical (unpaired) electrons. The van der Waals surface area contributed by atoms with Crippen molar-refractivity contribution in [2.24, 2.45) is 0 Å². The van der Waals surface area contributed by atoms with E-state index in [4.69, 9.17) is 4.74 Å². The second-order valence-electron chi connectivity index (χ2n) is 4.57. The maximum Gasteiger partial charge on any atom is 0.122 e. The van der Waals surface area contributed by atoms with Crippen LogP contribution in [-0.2, 0) is 12.8 Å². The zero-order valence-corrected chi connectivity index (χ0v) is 9.18. The molecule has 0 bridgehead atoms. The second kappa shape index (κ2) is 3.53. The summed E-state index contributed by atoms with van der Waals surface area (Å²) in [5.41, 5.74) is 4.47. The van der Waals surface area contributed by atoms with Gasteiger partial charge in [0, 0.05) is 24.6 Å². The molecule has 2 aliphatic rings. The fourth-order valence-corrected chi connectivity index (χ4v) is 2.62.